The Morgan fingerprint density at radius 1 is 1.38 bits per heavy atom. The van der Waals surface area contributed by atoms with Gasteiger partial charge in [-0.15, -0.1) is 24.0 Å². The van der Waals surface area contributed by atoms with Crippen LogP contribution in [0.5, 0.6) is 0 Å². The summed E-state index contributed by atoms with van der Waals surface area (Å²) in [5.74, 6) is 1.81. The van der Waals surface area contributed by atoms with Crippen molar-refractivity contribution in [2.24, 2.45) is 10.9 Å². The Kier molecular flexibility index (Phi) is 7.80. The van der Waals surface area contributed by atoms with Crippen LogP contribution in [0.25, 0.3) is 0 Å². The van der Waals surface area contributed by atoms with Crippen LogP contribution in [-0.4, -0.2) is 81.0 Å². The van der Waals surface area contributed by atoms with Gasteiger partial charge in [0.2, 0.25) is 0 Å². The molecule has 0 spiro atoms. The number of guanidine groups is 1. The van der Waals surface area contributed by atoms with Gasteiger partial charge in [0.05, 0.1) is 17.0 Å². The Labute approximate surface area is 164 Å². The second kappa shape index (κ2) is 8.53. The van der Waals surface area contributed by atoms with Gasteiger partial charge in [-0.25, -0.2) is 8.42 Å². The van der Waals surface area contributed by atoms with Crippen LogP contribution in [0.4, 0.5) is 0 Å². The number of rotatable bonds is 5. The number of likely N-dealkylation sites (N-methyl/N-ethyl adjacent to an activating group) is 1. The van der Waals surface area contributed by atoms with E-state index in [2.05, 4.69) is 29.2 Å². The molecule has 2 rings (SSSR count). The molecule has 1 heterocycles. The minimum absolute atomic E-state index is 0. The van der Waals surface area contributed by atoms with Crippen LogP contribution >= 0.6 is 24.0 Å². The standard InChI is InChI=1S/C16H32N4O2S.HI/c1-6-17-15(18-11-14(19(4)5)13-7-8-13)20-9-10-23(21,22)16(2,3)12-20;/h13-14H,6-12H2,1-5H3,(H,17,18);1H. The first-order chi connectivity index (χ1) is 10.7. The van der Waals surface area contributed by atoms with Gasteiger partial charge in [-0.2, -0.15) is 0 Å². The first-order valence-electron chi connectivity index (χ1n) is 8.60. The average Bonchev–Trinajstić information content (AvgIpc) is 3.25. The summed E-state index contributed by atoms with van der Waals surface area (Å²) in [4.78, 5) is 9.19. The number of hydrogen-bond acceptors (Lipinski definition) is 4. The van der Waals surface area contributed by atoms with Gasteiger partial charge in [-0.1, -0.05) is 0 Å². The zero-order valence-electron chi connectivity index (χ0n) is 15.6. The van der Waals surface area contributed by atoms with Crippen molar-refractivity contribution in [3.05, 3.63) is 0 Å². The van der Waals surface area contributed by atoms with E-state index >= 15 is 0 Å². The van der Waals surface area contributed by atoms with Gasteiger partial charge in [-0.3, -0.25) is 4.99 Å². The molecule has 142 valence electrons. The summed E-state index contributed by atoms with van der Waals surface area (Å²) in [6.07, 6.45) is 2.59. The summed E-state index contributed by atoms with van der Waals surface area (Å²) < 4.78 is 23.7. The van der Waals surface area contributed by atoms with E-state index in [9.17, 15) is 8.42 Å². The van der Waals surface area contributed by atoms with Gasteiger partial charge < -0.3 is 15.1 Å². The molecule has 0 aromatic rings. The highest BCUT2D eigenvalue weighted by molar-refractivity contribution is 14.0. The fourth-order valence-electron chi connectivity index (χ4n) is 3.15. The number of nitrogens with zero attached hydrogens (tertiary/aromatic N) is 3. The molecule has 1 aliphatic carbocycles. The largest absolute Gasteiger partial charge is 0.357 e. The fourth-order valence-corrected chi connectivity index (χ4v) is 4.51. The fraction of sp³-hybridized carbons (Fsp3) is 0.938. The number of halogens is 1. The van der Waals surface area contributed by atoms with E-state index in [0.29, 0.717) is 19.1 Å². The molecule has 0 bridgehead atoms. The molecule has 1 N–H and O–H groups in total. The molecule has 6 nitrogen and oxygen atoms in total. The van der Waals surface area contributed by atoms with Gasteiger partial charge >= 0.3 is 0 Å². The SMILES string of the molecule is CCNC(=NCC(C1CC1)N(C)C)N1CCS(=O)(=O)C(C)(C)C1.I. The molecule has 0 radical (unpaired) electrons. The highest BCUT2D eigenvalue weighted by Crippen LogP contribution is 2.34. The molecule has 0 aromatic carbocycles. The van der Waals surface area contributed by atoms with Crippen molar-refractivity contribution >= 4 is 39.8 Å². The quantitative estimate of drug-likeness (QED) is 0.373. The monoisotopic (exact) mass is 472 g/mol. The highest BCUT2D eigenvalue weighted by Gasteiger charge is 2.41. The number of nitrogens with one attached hydrogen (secondary N) is 1. The molecule has 1 saturated heterocycles. The third-order valence-electron chi connectivity index (χ3n) is 4.94. The Balaban J connectivity index is 0.00000288. The molecule has 1 aliphatic heterocycles. The maximum absolute atomic E-state index is 12.2. The maximum Gasteiger partial charge on any atom is 0.194 e. The van der Waals surface area contributed by atoms with E-state index in [1.54, 1.807) is 0 Å². The molecule has 2 aliphatic rings. The van der Waals surface area contributed by atoms with Crippen molar-refractivity contribution in [1.29, 1.82) is 0 Å². The smallest absolute Gasteiger partial charge is 0.194 e. The van der Waals surface area contributed by atoms with Crippen LogP contribution in [0.2, 0.25) is 0 Å². The van der Waals surface area contributed by atoms with Crippen molar-refractivity contribution in [2.75, 3.05) is 46.0 Å². The molecular weight excluding hydrogens is 439 g/mol. The lowest BCUT2D eigenvalue weighted by atomic mass is 10.1. The topological polar surface area (TPSA) is 65.0 Å². The van der Waals surface area contributed by atoms with E-state index in [0.717, 1.165) is 25.0 Å². The van der Waals surface area contributed by atoms with E-state index < -0.39 is 14.6 Å². The molecule has 0 amide bonds. The molecular formula is C16H33IN4O2S. The summed E-state index contributed by atoms with van der Waals surface area (Å²) in [5.41, 5.74) is 0. The second-order valence-electron chi connectivity index (χ2n) is 7.56. The van der Waals surface area contributed by atoms with E-state index in [1.165, 1.54) is 12.8 Å². The zero-order chi connectivity index (χ0) is 17.3. The van der Waals surface area contributed by atoms with E-state index in [4.69, 9.17) is 4.99 Å². The van der Waals surface area contributed by atoms with Crippen LogP contribution < -0.4 is 5.32 Å². The predicted molar refractivity (Wildman–Crippen MR) is 111 cm³/mol. The summed E-state index contributed by atoms with van der Waals surface area (Å²) >= 11 is 0. The lowest BCUT2D eigenvalue weighted by molar-refractivity contribution is 0.269. The van der Waals surface area contributed by atoms with Crippen molar-refractivity contribution < 1.29 is 8.42 Å². The summed E-state index contributed by atoms with van der Waals surface area (Å²) in [5, 5.41) is 3.33. The summed E-state index contributed by atoms with van der Waals surface area (Å²) in [6, 6.07) is 0.477. The highest BCUT2D eigenvalue weighted by atomic mass is 127. The van der Waals surface area contributed by atoms with Crippen molar-refractivity contribution in [3.8, 4) is 0 Å². The molecule has 1 saturated carbocycles. The predicted octanol–water partition coefficient (Wildman–Crippen LogP) is 1.42. The molecule has 24 heavy (non-hydrogen) atoms. The van der Waals surface area contributed by atoms with Crippen molar-refractivity contribution in [1.82, 2.24) is 15.1 Å². The average molecular weight is 472 g/mol. The third-order valence-corrected chi connectivity index (χ3v) is 7.47. The van der Waals surface area contributed by atoms with Crippen molar-refractivity contribution in [2.45, 2.75) is 44.4 Å². The van der Waals surface area contributed by atoms with Gasteiger partial charge in [0.15, 0.2) is 15.8 Å². The molecule has 1 unspecified atom stereocenters. The number of aliphatic imine (C=N–C) groups is 1. The summed E-state index contributed by atoms with van der Waals surface area (Å²) in [6.45, 7) is 8.24. The first-order valence-corrected chi connectivity index (χ1v) is 10.2. The second-order valence-corrected chi connectivity index (χ2v) is 10.3. The van der Waals surface area contributed by atoms with Gasteiger partial charge in [0.25, 0.3) is 0 Å². The maximum atomic E-state index is 12.2. The normalized spacial score (nSPS) is 24.4. The van der Waals surface area contributed by atoms with Crippen LogP contribution in [0, 0.1) is 5.92 Å². The Bertz CT molecular complexity index is 542. The van der Waals surface area contributed by atoms with Crippen LogP contribution in [-0.2, 0) is 9.84 Å². The first kappa shape index (κ1) is 22.0. The van der Waals surface area contributed by atoms with Gasteiger partial charge in [0, 0.05) is 25.7 Å². The minimum atomic E-state index is -3.02. The van der Waals surface area contributed by atoms with E-state index in [-0.39, 0.29) is 29.7 Å². The van der Waals surface area contributed by atoms with Gasteiger partial charge in [-0.05, 0) is 53.6 Å². The summed E-state index contributed by atoms with van der Waals surface area (Å²) in [7, 11) is 1.20. The zero-order valence-corrected chi connectivity index (χ0v) is 18.7. The molecule has 8 heteroatoms. The lowest BCUT2D eigenvalue weighted by Gasteiger charge is -2.39. The molecule has 2 fully saturated rings. The minimum Gasteiger partial charge on any atom is -0.357 e. The third kappa shape index (κ3) is 5.20. The Hall–Kier alpha value is -0.0900. The van der Waals surface area contributed by atoms with Crippen LogP contribution in [0.1, 0.15) is 33.6 Å². The van der Waals surface area contributed by atoms with Crippen molar-refractivity contribution in [3.63, 3.8) is 0 Å². The molecule has 0 aromatic heterocycles. The number of sulfone groups is 1. The van der Waals surface area contributed by atoms with Crippen LogP contribution in [0.3, 0.4) is 0 Å². The Morgan fingerprint density at radius 3 is 2.46 bits per heavy atom. The van der Waals surface area contributed by atoms with Gasteiger partial charge in [0.1, 0.15) is 0 Å². The number of hydrogen-bond donors (Lipinski definition) is 1. The Morgan fingerprint density at radius 2 is 2.00 bits per heavy atom. The van der Waals surface area contributed by atoms with E-state index in [1.807, 2.05) is 20.8 Å². The lowest BCUT2D eigenvalue weighted by Crippen LogP contribution is -2.57. The molecule has 1 atom stereocenters. The van der Waals surface area contributed by atoms with Crippen LogP contribution in [0.15, 0.2) is 4.99 Å².